The third-order valence-electron chi connectivity index (χ3n) is 4.69. The van der Waals surface area contributed by atoms with Gasteiger partial charge in [-0.3, -0.25) is 4.98 Å². The zero-order valence-corrected chi connectivity index (χ0v) is 21.5. The molecule has 2 rings (SSSR count). The highest BCUT2D eigenvalue weighted by atomic mass is 31.2. The van der Waals surface area contributed by atoms with Gasteiger partial charge in [0.2, 0.25) is 0 Å². The topological polar surface area (TPSA) is 184 Å². The van der Waals surface area contributed by atoms with Crippen molar-refractivity contribution in [3.05, 3.63) is 35.5 Å². The highest BCUT2D eigenvalue weighted by Gasteiger charge is 2.11. The molecule has 0 spiro atoms. The van der Waals surface area contributed by atoms with Crippen molar-refractivity contribution in [1.29, 1.82) is 0 Å². The standard InChI is InChI=1S/C20H31N3.2H3O4P/c1-6-23(7-2)13-9-11-17(5)22-20-16(4)14-21-18-12-8-10-15(3)19(18)20;2*1-5(2,3)4/h8,10,12,14,17H,6-7,9,11,13H2,1-5H3,(H,21,22);2*(H3,1,2,3,4). The van der Waals surface area contributed by atoms with Gasteiger partial charge in [0.25, 0.3) is 0 Å². The minimum absolute atomic E-state index is 0.467. The number of phosphoric acid groups is 2. The summed E-state index contributed by atoms with van der Waals surface area (Å²) in [6, 6.07) is 6.81. The number of rotatable bonds is 8. The van der Waals surface area contributed by atoms with Crippen LogP contribution in [0.3, 0.4) is 0 Å². The fraction of sp³-hybridized carbons (Fsp3) is 0.550. The smallest absolute Gasteiger partial charge is 0.382 e. The lowest BCUT2D eigenvalue weighted by atomic mass is 10.0. The average Bonchev–Trinajstić information content (AvgIpc) is 2.65. The van der Waals surface area contributed by atoms with Gasteiger partial charge in [-0.25, -0.2) is 9.13 Å². The highest BCUT2D eigenvalue weighted by molar-refractivity contribution is 7.45. The molecule has 0 saturated heterocycles. The van der Waals surface area contributed by atoms with E-state index in [-0.39, 0.29) is 0 Å². The van der Waals surface area contributed by atoms with Gasteiger partial charge in [0.05, 0.1) is 5.52 Å². The van der Waals surface area contributed by atoms with Crippen molar-refractivity contribution in [3.63, 3.8) is 0 Å². The van der Waals surface area contributed by atoms with E-state index in [2.05, 4.69) is 68.0 Å². The summed E-state index contributed by atoms with van der Waals surface area (Å²) in [5, 5.41) is 5.01. The SMILES string of the molecule is CCN(CC)CCCC(C)Nc1c(C)cnc2cccc(C)c12.O=P(O)(O)O.O=P(O)(O)O. The number of anilines is 1. The second-order valence-corrected chi connectivity index (χ2v) is 9.58. The fourth-order valence-electron chi connectivity index (χ4n) is 3.18. The molecule has 11 nitrogen and oxygen atoms in total. The van der Waals surface area contributed by atoms with Crippen LogP contribution in [-0.4, -0.2) is 64.9 Å². The first kappa shape index (κ1) is 31.6. The van der Waals surface area contributed by atoms with E-state index < -0.39 is 15.6 Å². The van der Waals surface area contributed by atoms with E-state index in [1.807, 2.05) is 6.20 Å². The van der Waals surface area contributed by atoms with Gasteiger partial charge in [0.1, 0.15) is 0 Å². The van der Waals surface area contributed by atoms with Crippen LogP contribution in [0.25, 0.3) is 10.9 Å². The molecule has 0 aliphatic carbocycles. The van der Waals surface area contributed by atoms with Gasteiger partial charge < -0.3 is 39.6 Å². The Morgan fingerprint density at radius 1 is 0.970 bits per heavy atom. The van der Waals surface area contributed by atoms with Crippen LogP contribution in [0.4, 0.5) is 5.69 Å². The molecule has 0 aliphatic heterocycles. The van der Waals surface area contributed by atoms with Crippen molar-refractivity contribution in [3.8, 4) is 0 Å². The Morgan fingerprint density at radius 3 is 1.97 bits per heavy atom. The molecule has 0 radical (unpaired) electrons. The number of benzene rings is 1. The number of nitrogens with one attached hydrogen (secondary N) is 1. The molecule has 190 valence electrons. The molecular weight excluding hydrogens is 472 g/mol. The lowest BCUT2D eigenvalue weighted by Gasteiger charge is -2.22. The molecule has 0 fully saturated rings. The second-order valence-electron chi connectivity index (χ2n) is 7.53. The number of hydrogen-bond acceptors (Lipinski definition) is 5. The Labute approximate surface area is 195 Å². The van der Waals surface area contributed by atoms with E-state index in [0.29, 0.717) is 6.04 Å². The monoisotopic (exact) mass is 509 g/mol. The van der Waals surface area contributed by atoms with Crippen LogP contribution in [0, 0.1) is 13.8 Å². The fourth-order valence-corrected chi connectivity index (χ4v) is 3.18. The minimum Gasteiger partial charge on any atom is -0.382 e. The molecule has 0 saturated carbocycles. The summed E-state index contributed by atoms with van der Waals surface area (Å²) in [4.78, 5) is 50.2. The summed E-state index contributed by atoms with van der Waals surface area (Å²) in [6.07, 6.45) is 4.40. The number of pyridine rings is 1. The largest absolute Gasteiger partial charge is 0.466 e. The minimum atomic E-state index is -4.64. The van der Waals surface area contributed by atoms with Crippen molar-refractivity contribution in [2.24, 2.45) is 0 Å². The highest BCUT2D eigenvalue weighted by Crippen LogP contribution is 2.29. The first-order chi connectivity index (χ1) is 15.1. The van der Waals surface area contributed by atoms with E-state index in [0.717, 1.165) is 18.6 Å². The lowest BCUT2D eigenvalue weighted by molar-refractivity contribution is 0.272. The Balaban J connectivity index is 0.000000859. The quantitative estimate of drug-likeness (QED) is 0.260. The number of hydrogen-bond donors (Lipinski definition) is 7. The summed E-state index contributed by atoms with van der Waals surface area (Å²) in [6.45, 7) is 14.5. The average molecular weight is 509 g/mol. The molecule has 1 unspecified atom stereocenters. The van der Waals surface area contributed by atoms with Crippen molar-refractivity contribution < 1.29 is 38.5 Å². The van der Waals surface area contributed by atoms with Gasteiger partial charge >= 0.3 is 15.6 Å². The molecule has 13 heteroatoms. The number of aryl methyl sites for hydroxylation is 2. The lowest BCUT2D eigenvalue weighted by Crippen LogP contribution is -2.25. The van der Waals surface area contributed by atoms with Crippen LogP contribution in [0.15, 0.2) is 24.4 Å². The van der Waals surface area contributed by atoms with E-state index in [1.54, 1.807) is 0 Å². The second kappa shape index (κ2) is 14.8. The van der Waals surface area contributed by atoms with E-state index in [4.69, 9.17) is 38.5 Å². The Morgan fingerprint density at radius 2 is 1.48 bits per heavy atom. The molecule has 1 aromatic carbocycles. The summed E-state index contributed by atoms with van der Waals surface area (Å²) in [7, 11) is -9.28. The Kier molecular flexibility index (Phi) is 14.2. The van der Waals surface area contributed by atoms with Crippen LogP contribution < -0.4 is 5.32 Å². The number of fused-ring (bicyclic) bond motifs is 1. The maximum absolute atomic E-state index is 8.88. The predicted octanol–water partition coefficient (Wildman–Crippen LogP) is 2.92. The maximum atomic E-state index is 8.88. The zero-order chi connectivity index (χ0) is 25.8. The zero-order valence-electron chi connectivity index (χ0n) is 19.7. The van der Waals surface area contributed by atoms with Gasteiger partial charge in [-0.05, 0) is 70.4 Å². The molecule has 7 N–H and O–H groups in total. The third kappa shape index (κ3) is 16.0. The van der Waals surface area contributed by atoms with Crippen LogP contribution in [0.2, 0.25) is 0 Å². The molecule has 1 atom stereocenters. The van der Waals surface area contributed by atoms with Crippen LogP contribution in [0.1, 0.15) is 44.7 Å². The number of aromatic nitrogens is 1. The van der Waals surface area contributed by atoms with Crippen LogP contribution in [0.5, 0.6) is 0 Å². The molecule has 2 aromatic rings. The molecule has 0 bridgehead atoms. The van der Waals surface area contributed by atoms with Crippen LogP contribution >= 0.6 is 15.6 Å². The summed E-state index contributed by atoms with van der Waals surface area (Å²) >= 11 is 0. The van der Waals surface area contributed by atoms with Gasteiger partial charge in [-0.1, -0.05) is 26.0 Å². The molecule has 1 aromatic heterocycles. The summed E-state index contributed by atoms with van der Waals surface area (Å²) < 4.78 is 17.8. The van der Waals surface area contributed by atoms with E-state index in [1.165, 1.54) is 41.6 Å². The van der Waals surface area contributed by atoms with E-state index in [9.17, 15) is 0 Å². The summed E-state index contributed by atoms with van der Waals surface area (Å²) in [5.74, 6) is 0. The van der Waals surface area contributed by atoms with Gasteiger partial charge in [-0.15, -0.1) is 0 Å². The third-order valence-corrected chi connectivity index (χ3v) is 4.69. The molecule has 0 aliphatic rings. The first-order valence-electron chi connectivity index (χ1n) is 10.5. The Bertz CT molecular complexity index is 908. The van der Waals surface area contributed by atoms with Crippen molar-refractivity contribution in [2.45, 2.75) is 53.5 Å². The molecule has 33 heavy (non-hydrogen) atoms. The maximum Gasteiger partial charge on any atom is 0.466 e. The summed E-state index contributed by atoms with van der Waals surface area (Å²) in [5.41, 5.74) is 4.84. The first-order valence-corrected chi connectivity index (χ1v) is 13.6. The molecule has 1 heterocycles. The van der Waals surface area contributed by atoms with Crippen molar-refractivity contribution in [1.82, 2.24) is 9.88 Å². The number of nitrogens with zero attached hydrogens (tertiary/aromatic N) is 2. The van der Waals surface area contributed by atoms with Gasteiger partial charge in [0.15, 0.2) is 0 Å². The molecular formula is C20H37N3O8P2. The van der Waals surface area contributed by atoms with E-state index >= 15 is 0 Å². The molecule has 0 amide bonds. The van der Waals surface area contributed by atoms with Crippen molar-refractivity contribution in [2.75, 3.05) is 25.0 Å². The normalized spacial score (nSPS) is 12.5. The van der Waals surface area contributed by atoms with Crippen LogP contribution in [-0.2, 0) is 9.13 Å². The van der Waals surface area contributed by atoms with Crippen molar-refractivity contribution >= 4 is 32.2 Å². The van der Waals surface area contributed by atoms with Gasteiger partial charge in [0, 0.05) is 23.3 Å². The Hall–Kier alpha value is -1.39. The van der Waals surface area contributed by atoms with Gasteiger partial charge in [-0.2, -0.15) is 0 Å². The predicted molar refractivity (Wildman–Crippen MR) is 130 cm³/mol.